The molecule has 1 aromatic rings. The van der Waals surface area contributed by atoms with Crippen molar-refractivity contribution in [1.29, 1.82) is 0 Å². The molecular weight excluding hydrogens is 285 g/mol. The molecule has 0 aliphatic heterocycles. The first-order valence-corrected chi connectivity index (χ1v) is 6.09. The highest BCUT2D eigenvalue weighted by molar-refractivity contribution is 6.32. The third kappa shape index (κ3) is 4.51. The van der Waals surface area contributed by atoms with Crippen molar-refractivity contribution in [3.05, 3.63) is 53.3 Å². The Labute approximate surface area is 120 Å². The predicted octanol–water partition coefficient (Wildman–Crippen LogP) is 2.64. The summed E-state index contributed by atoms with van der Waals surface area (Å²) in [4.78, 5) is 22.4. The molecule has 4 nitrogen and oxygen atoms in total. The average Bonchev–Trinajstić information content (AvgIpc) is 2.37. The highest BCUT2D eigenvalue weighted by Crippen LogP contribution is 2.20. The van der Waals surface area contributed by atoms with Crippen molar-refractivity contribution in [2.75, 3.05) is 0 Å². The fourth-order valence-corrected chi connectivity index (χ4v) is 1.66. The molecule has 20 heavy (non-hydrogen) atoms. The van der Waals surface area contributed by atoms with E-state index in [1.807, 2.05) is 0 Å². The van der Waals surface area contributed by atoms with Gasteiger partial charge in [-0.3, -0.25) is 4.79 Å². The maximum absolute atomic E-state index is 13.4. The van der Waals surface area contributed by atoms with Gasteiger partial charge in [0, 0.05) is 11.6 Å². The van der Waals surface area contributed by atoms with E-state index in [0.717, 1.165) is 6.08 Å². The van der Waals surface area contributed by atoms with Gasteiger partial charge in [-0.15, -0.1) is 6.58 Å². The minimum absolute atomic E-state index is 0.0694. The van der Waals surface area contributed by atoms with Crippen LogP contribution in [-0.2, 0) is 9.59 Å². The Hall–Kier alpha value is -2.14. The maximum atomic E-state index is 13.4. The molecule has 1 aromatic carbocycles. The number of hydrogen-bond acceptors (Lipinski definition) is 2. The number of carboxylic acid groups (broad SMARTS) is 1. The first-order chi connectivity index (χ1) is 9.45. The first kappa shape index (κ1) is 15.9. The molecular formula is C14H13ClFNO3. The van der Waals surface area contributed by atoms with Gasteiger partial charge in [-0.2, -0.15) is 0 Å². The second kappa shape index (κ2) is 7.45. The fourth-order valence-electron chi connectivity index (χ4n) is 1.44. The molecule has 0 radical (unpaired) electrons. The van der Waals surface area contributed by atoms with E-state index in [0.29, 0.717) is 0 Å². The summed E-state index contributed by atoms with van der Waals surface area (Å²) in [6.07, 6.45) is 3.70. The van der Waals surface area contributed by atoms with Crippen LogP contribution in [0.4, 0.5) is 4.39 Å². The van der Waals surface area contributed by atoms with E-state index in [2.05, 4.69) is 11.9 Å². The summed E-state index contributed by atoms with van der Waals surface area (Å²) >= 11 is 5.79. The third-order valence-electron chi connectivity index (χ3n) is 2.42. The Morgan fingerprint density at radius 2 is 2.20 bits per heavy atom. The number of halogens is 2. The van der Waals surface area contributed by atoms with Crippen LogP contribution in [0.5, 0.6) is 0 Å². The summed E-state index contributed by atoms with van der Waals surface area (Å²) in [6.45, 7) is 3.41. The summed E-state index contributed by atoms with van der Waals surface area (Å²) in [5.74, 6) is -2.39. The van der Waals surface area contributed by atoms with Crippen LogP contribution in [0.25, 0.3) is 6.08 Å². The lowest BCUT2D eigenvalue weighted by Gasteiger charge is -2.10. The van der Waals surface area contributed by atoms with Crippen LogP contribution in [0.3, 0.4) is 0 Å². The van der Waals surface area contributed by atoms with Crippen molar-refractivity contribution in [3.63, 3.8) is 0 Å². The molecule has 0 bridgehead atoms. The van der Waals surface area contributed by atoms with Crippen molar-refractivity contribution < 1.29 is 19.1 Å². The number of rotatable bonds is 6. The highest BCUT2D eigenvalue weighted by atomic mass is 35.5. The van der Waals surface area contributed by atoms with Crippen LogP contribution < -0.4 is 5.32 Å². The molecule has 0 saturated carbocycles. The van der Waals surface area contributed by atoms with Crippen LogP contribution in [-0.4, -0.2) is 23.0 Å². The smallest absolute Gasteiger partial charge is 0.326 e. The lowest BCUT2D eigenvalue weighted by Crippen LogP contribution is -2.39. The molecule has 0 aliphatic carbocycles. The molecule has 1 amide bonds. The fraction of sp³-hybridized carbons (Fsp3) is 0.143. The first-order valence-electron chi connectivity index (χ1n) is 5.72. The Bertz CT molecular complexity index is 537. The molecule has 6 heteroatoms. The maximum Gasteiger partial charge on any atom is 0.326 e. The number of amides is 1. The number of carboxylic acids is 1. The van der Waals surface area contributed by atoms with E-state index in [-0.39, 0.29) is 17.0 Å². The number of benzene rings is 1. The molecule has 0 saturated heterocycles. The third-order valence-corrected chi connectivity index (χ3v) is 2.75. The Balaban J connectivity index is 2.77. The SMILES string of the molecule is C=CCC(NC(=O)/C=C/c1c(F)cccc1Cl)C(=O)O. The van der Waals surface area contributed by atoms with Crippen LogP contribution in [0, 0.1) is 5.82 Å². The second-order valence-electron chi connectivity index (χ2n) is 3.89. The van der Waals surface area contributed by atoms with Gasteiger partial charge >= 0.3 is 5.97 Å². The van der Waals surface area contributed by atoms with Gasteiger partial charge in [-0.25, -0.2) is 9.18 Å². The monoisotopic (exact) mass is 297 g/mol. The summed E-state index contributed by atoms with van der Waals surface area (Å²) in [5, 5.41) is 11.3. The normalized spacial score (nSPS) is 12.1. The molecule has 1 unspecified atom stereocenters. The summed E-state index contributed by atoms with van der Waals surface area (Å²) < 4.78 is 13.4. The van der Waals surface area contributed by atoms with Crippen LogP contribution in [0.15, 0.2) is 36.9 Å². The van der Waals surface area contributed by atoms with Gasteiger partial charge in [0.1, 0.15) is 11.9 Å². The average molecular weight is 298 g/mol. The van der Waals surface area contributed by atoms with E-state index in [4.69, 9.17) is 16.7 Å². The van der Waals surface area contributed by atoms with Crippen LogP contribution in [0.2, 0.25) is 5.02 Å². The van der Waals surface area contributed by atoms with Gasteiger partial charge in [-0.05, 0) is 24.6 Å². The molecule has 1 rings (SSSR count). The van der Waals surface area contributed by atoms with E-state index in [9.17, 15) is 14.0 Å². The van der Waals surface area contributed by atoms with Gasteiger partial charge in [0.25, 0.3) is 0 Å². The summed E-state index contributed by atoms with van der Waals surface area (Å²) in [5.41, 5.74) is 0.0694. The molecule has 0 aromatic heterocycles. The highest BCUT2D eigenvalue weighted by Gasteiger charge is 2.16. The Morgan fingerprint density at radius 1 is 1.50 bits per heavy atom. The molecule has 0 spiro atoms. The quantitative estimate of drug-likeness (QED) is 0.626. The van der Waals surface area contributed by atoms with Crippen LogP contribution >= 0.6 is 11.6 Å². The summed E-state index contributed by atoms with van der Waals surface area (Å²) in [6, 6.07) is 3.07. The van der Waals surface area contributed by atoms with E-state index < -0.39 is 23.7 Å². The van der Waals surface area contributed by atoms with Crippen molar-refractivity contribution in [2.24, 2.45) is 0 Å². The molecule has 0 fully saturated rings. The largest absolute Gasteiger partial charge is 0.480 e. The number of carbonyl (C=O) groups is 2. The lowest BCUT2D eigenvalue weighted by atomic mass is 10.2. The van der Waals surface area contributed by atoms with E-state index >= 15 is 0 Å². The zero-order valence-corrected chi connectivity index (χ0v) is 11.2. The number of carbonyl (C=O) groups excluding carboxylic acids is 1. The number of nitrogens with one attached hydrogen (secondary N) is 1. The topological polar surface area (TPSA) is 66.4 Å². The summed E-state index contributed by atoms with van der Waals surface area (Å²) in [7, 11) is 0. The Kier molecular flexibility index (Phi) is 5.93. The molecule has 106 valence electrons. The van der Waals surface area contributed by atoms with Crippen molar-refractivity contribution in [1.82, 2.24) is 5.32 Å². The van der Waals surface area contributed by atoms with Crippen molar-refractivity contribution >= 4 is 29.6 Å². The molecule has 1 atom stereocenters. The Morgan fingerprint density at radius 3 is 2.75 bits per heavy atom. The molecule has 2 N–H and O–H groups in total. The number of hydrogen-bond donors (Lipinski definition) is 2. The van der Waals surface area contributed by atoms with Crippen LogP contribution in [0.1, 0.15) is 12.0 Å². The minimum atomic E-state index is -1.17. The van der Waals surface area contributed by atoms with Gasteiger partial charge in [-0.1, -0.05) is 23.7 Å². The molecule has 0 aliphatic rings. The standard InChI is InChI=1S/C14H13ClFNO3/c1-2-4-12(14(19)20)17-13(18)8-7-9-10(15)5-3-6-11(9)16/h2-3,5-8,12H,1,4H2,(H,17,18)(H,19,20)/b8-7+. The number of aliphatic carboxylic acids is 1. The van der Waals surface area contributed by atoms with E-state index in [1.165, 1.54) is 30.4 Å². The van der Waals surface area contributed by atoms with Crippen molar-refractivity contribution in [2.45, 2.75) is 12.5 Å². The van der Waals surface area contributed by atoms with Gasteiger partial charge in [0.2, 0.25) is 5.91 Å². The second-order valence-corrected chi connectivity index (χ2v) is 4.30. The predicted molar refractivity (Wildman–Crippen MR) is 74.8 cm³/mol. The zero-order valence-electron chi connectivity index (χ0n) is 10.5. The van der Waals surface area contributed by atoms with Gasteiger partial charge in [0.15, 0.2) is 0 Å². The van der Waals surface area contributed by atoms with Gasteiger partial charge in [0.05, 0.1) is 5.02 Å². The van der Waals surface area contributed by atoms with Gasteiger partial charge < -0.3 is 10.4 Å². The molecule has 0 heterocycles. The lowest BCUT2D eigenvalue weighted by molar-refractivity contribution is -0.141. The minimum Gasteiger partial charge on any atom is -0.480 e. The van der Waals surface area contributed by atoms with Crippen molar-refractivity contribution in [3.8, 4) is 0 Å². The van der Waals surface area contributed by atoms with E-state index in [1.54, 1.807) is 0 Å². The zero-order chi connectivity index (χ0) is 15.1.